The highest BCUT2D eigenvalue weighted by Crippen LogP contribution is 2.30. The molecule has 0 unspecified atom stereocenters. The molecule has 0 aromatic carbocycles. The van der Waals surface area contributed by atoms with Gasteiger partial charge in [-0.3, -0.25) is 4.68 Å². The van der Waals surface area contributed by atoms with Crippen LogP contribution in [0, 0.1) is 5.92 Å². The molecule has 2 aromatic rings. The van der Waals surface area contributed by atoms with Gasteiger partial charge in [-0.15, -0.1) is 0 Å². The minimum Gasteiger partial charge on any atom is -0.391 e. The lowest BCUT2D eigenvalue weighted by atomic mass is 10.4. The third-order valence-electron chi connectivity index (χ3n) is 2.87. The van der Waals surface area contributed by atoms with Crippen molar-refractivity contribution in [2.75, 3.05) is 5.32 Å². The van der Waals surface area contributed by atoms with Gasteiger partial charge in [-0.25, -0.2) is 9.78 Å². The van der Waals surface area contributed by atoms with Crippen molar-refractivity contribution in [3.8, 4) is 5.88 Å². The molecule has 1 amide bonds. The van der Waals surface area contributed by atoms with Crippen LogP contribution in [-0.4, -0.2) is 25.8 Å². The van der Waals surface area contributed by atoms with Gasteiger partial charge in [-0.1, -0.05) is 0 Å². The number of primary amides is 1. The number of nitrogens with zero attached hydrogens (tertiary/aromatic N) is 4. The number of nitrogens with one attached hydrogen (secondary N) is 1. The van der Waals surface area contributed by atoms with E-state index in [-0.39, 0.29) is 5.88 Å². The number of hydrogen-bond donors (Lipinski definition) is 2. The molecule has 0 bridgehead atoms. The summed E-state index contributed by atoms with van der Waals surface area (Å²) in [4.78, 5) is 18.7. The summed E-state index contributed by atoms with van der Waals surface area (Å²) in [5.41, 5.74) is 5.71. The lowest BCUT2D eigenvalue weighted by Crippen LogP contribution is -2.17. The van der Waals surface area contributed by atoms with E-state index in [0.717, 1.165) is 18.2 Å². The average molecular weight is 274 g/mol. The predicted molar refractivity (Wildman–Crippen MR) is 70.5 cm³/mol. The molecule has 2 aromatic heterocycles. The lowest BCUT2D eigenvalue weighted by molar-refractivity contribution is 0.209. The molecule has 0 radical (unpaired) electrons. The van der Waals surface area contributed by atoms with Gasteiger partial charge >= 0.3 is 6.09 Å². The van der Waals surface area contributed by atoms with E-state index in [9.17, 15) is 4.79 Å². The number of carbonyl (C=O) groups excluding carboxylic acids is 1. The minimum absolute atomic E-state index is 0.0976. The second kappa shape index (κ2) is 5.16. The molecule has 0 saturated heterocycles. The van der Waals surface area contributed by atoms with Gasteiger partial charge < -0.3 is 15.8 Å². The molecule has 0 spiro atoms. The van der Waals surface area contributed by atoms with Gasteiger partial charge in [0.25, 0.3) is 0 Å². The van der Waals surface area contributed by atoms with Crippen LogP contribution in [-0.2, 0) is 6.54 Å². The van der Waals surface area contributed by atoms with Crippen molar-refractivity contribution in [2.45, 2.75) is 19.4 Å². The number of aromatic nitrogens is 4. The maximum absolute atomic E-state index is 10.7. The molecule has 2 heterocycles. The molecule has 0 aliphatic heterocycles. The Balaban J connectivity index is 1.66. The predicted octanol–water partition coefficient (Wildman–Crippen LogP) is 1.28. The summed E-state index contributed by atoms with van der Waals surface area (Å²) in [5, 5.41) is 7.25. The summed E-state index contributed by atoms with van der Waals surface area (Å²) in [7, 11) is 0. The summed E-state index contributed by atoms with van der Waals surface area (Å²) < 4.78 is 6.58. The van der Waals surface area contributed by atoms with Crippen LogP contribution in [0.25, 0.3) is 0 Å². The van der Waals surface area contributed by atoms with Gasteiger partial charge in [0.1, 0.15) is 0 Å². The zero-order chi connectivity index (χ0) is 13.9. The number of ether oxygens (including phenoxy) is 1. The van der Waals surface area contributed by atoms with Crippen LogP contribution >= 0.6 is 0 Å². The zero-order valence-electron chi connectivity index (χ0n) is 10.7. The van der Waals surface area contributed by atoms with Crippen molar-refractivity contribution in [3.05, 3.63) is 24.7 Å². The smallest absolute Gasteiger partial charge is 0.391 e. The number of rotatable bonds is 5. The quantitative estimate of drug-likeness (QED) is 0.850. The summed E-state index contributed by atoms with van der Waals surface area (Å²) in [5.74, 6) is 1.17. The van der Waals surface area contributed by atoms with E-state index >= 15 is 0 Å². The first-order chi connectivity index (χ1) is 9.69. The molecule has 3 N–H and O–H groups in total. The maximum Gasteiger partial charge on any atom is 0.411 e. The molecule has 1 aliphatic carbocycles. The molecule has 8 heteroatoms. The van der Waals surface area contributed by atoms with Crippen LogP contribution in [0.1, 0.15) is 12.8 Å². The Bertz CT molecular complexity index is 622. The molecule has 1 aliphatic rings. The first kappa shape index (κ1) is 12.4. The van der Waals surface area contributed by atoms with E-state index in [1.54, 1.807) is 6.20 Å². The van der Waals surface area contributed by atoms with Crippen LogP contribution in [0.5, 0.6) is 5.88 Å². The van der Waals surface area contributed by atoms with Gasteiger partial charge in [0.15, 0.2) is 0 Å². The summed E-state index contributed by atoms with van der Waals surface area (Å²) in [6.07, 6.45) is 6.71. The second-order valence-corrected chi connectivity index (χ2v) is 4.66. The molecule has 8 nitrogen and oxygen atoms in total. The van der Waals surface area contributed by atoms with Crippen LogP contribution in [0.4, 0.5) is 16.4 Å². The summed E-state index contributed by atoms with van der Waals surface area (Å²) >= 11 is 0. The SMILES string of the molecule is NC(=O)Oc1ccnc(Nc2cnn(CC3CC3)c2)n1. The number of anilines is 2. The van der Waals surface area contributed by atoms with Gasteiger partial charge in [0, 0.05) is 25.0 Å². The maximum atomic E-state index is 10.7. The number of hydrogen-bond acceptors (Lipinski definition) is 6. The van der Waals surface area contributed by atoms with Gasteiger partial charge in [0.05, 0.1) is 11.9 Å². The molecule has 1 fully saturated rings. The van der Waals surface area contributed by atoms with E-state index in [1.807, 2.05) is 10.9 Å². The Labute approximate surface area is 115 Å². The molecular weight excluding hydrogens is 260 g/mol. The monoisotopic (exact) mass is 274 g/mol. The third kappa shape index (κ3) is 3.22. The summed E-state index contributed by atoms with van der Waals surface area (Å²) in [6, 6.07) is 1.45. The number of carbonyl (C=O) groups is 1. The molecular formula is C12H14N6O2. The normalized spacial score (nSPS) is 14.0. The molecule has 1 saturated carbocycles. The van der Waals surface area contributed by atoms with E-state index in [1.165, 1.54) is 25.1 Å². The lowest BCUT2D eigenvalue weighted by Gasteiger charge is -2.03. The van der Waals surface area contributed by atoms with Crippen LogP contribution in [0.3, 0.4) is 0 Å². The molecule has 104 valence electrons. The topological polar surface area (TPSA) is 108 Å². The van der Waals surface area contributed by atoms with Gasteiger partial charge in [-0.05, 0) is 18.8 Å². The fourth-order valence-corrected chi connectivity index (χ4v) is 1.78. The number of amides is 1. The van der Waals surface area contributed by atoms with Gasteiger partial charge in [-0.2, -0.15) is 10.1 Å². The highest BCUT2D eigenvalue weighted by molar-refractivity contribution is 5.67. The van der Waals surface area contributed by atoms with Crippen molar-refractivity contribution < 1.29 is 9.53 Å². The molecule has 0 atom stereocenters. The van der Waals surface area contributed by atoms with E-state index in [4.69, 9.17) is 5.73 Å². The molecule has 20 heavy (non-hydrogen) atoms. The van der Waals surface area contributed by atoms with Crippen LogP contribution in [0.2, 0.25) is 0 Å². The highest BCUT2D eigenvalue weighted by atomic mass is 16.6. The fraction of sp³-hybridized carbons (Fsp3) is 0.333. The van der Waals surface area contributed by atoms with Crippen molar-refractivity contribution in [1.82, 2.24) is 19.7 Å². The third-order valence-corrected chi connectivity index (χ3v) is 2.87. The average Bonchev–Trinajstić information content (AvgIpc) is 3.09. The Morgan fingerprint density at radius 3 is 3.15 bits per heavy atom. The van der Waals surface area contributed by atoms with E-state index in [0.29, 0.717) is 5.95 Å². The first-order valence-electron chi connectivity index (χ1n) is 6.29. The Morgan fingerprint density at radius 1 is 1.55 bits per heavy atom. The van der Waals surface area contributed by atoms with Crippen molar-refractivity contribution in [2.24, 2.45) is 11.7 Å². The van der Waals surface area contributed by atoms with E-state index < -0.39 is 6.09 Å². The molecule has 3 rings (SSSR count). The van der Waals surface area contributed by atoms with Crippen LogP contribution < -0.4 is 15.8 Å². The summed E-state index contributed by atoms with van der Waals surface area (Å²) in [6.45, 7) is 0.938. The Hall–Kier alpha value is -2.64. The zero-order valence-corrected chi connectivity index (χ0v) is 10.7. The first-order valence-corrected chi connectivity index (χ1v) is 6.29. The van der Waals surface area contributed by atoms with Crippen molar-refractivity contribution in [1.29, 1.82) is 0 Å². The standard InChI is InChI=1S/C12H14N6O2/c13-11(19)20-10-3-4-14-12(17-10)16-9-5-15-18(7-9)6-8-1-2-8/h3-5,7-8H,1-2,6H2,(H2,13,19)(H,14,16,17). The van der Waals surface area contributed by atoms with Crippen LogP contribution in [0.15, 0.2) is 24.7 Å². The van der Waals surface area contributed by atoms with E-state index in [2.05, 4.69) is 25.1 Å². The largest absolute Gasteiger partial charge is 0.411 e. The number of nitrogens with two attached hydrogens (primary N) is 1. The fourth-order valence-electron chi connectivity index (χ4n) is 1.78. The van der Waals surface area contributed by atoms with Gasteiger partial charge in [0.2, 0.25) is 11.8 Å². The van der Waals surface area contributed by atoms with Crippen molar-refractivity contribution >= 4 is 17.7 Å². The Morgan fingerprint density at radius 2 is 2.40 bits per heavy atom. The van der Waals surface area contributed by atoms with Crippen molar-refractivity contribution in [3.63, 3.8) is 0 Å². The second-order valence-electron chi connectivity index (χ2n) is 4.66. The minimum atomic E-state index is -0.910. The Kier molecular flexibility index (Phi) is 3.20. The highest BCUT2D eigenvalue weighted by Gasteiger charge is 2.21.